The monoisotopic (exact) mass is 503 g/mol. The van der Waals surface area contributed by atoms with Crippen LogP contribution in [0.25, 0.3) is 16.9 Å². The number of nitrogens with one attached hydrogen (secondary N) is 2. The maximum atomic E-state index is 13.7. The van der Waals surface area contributed by atoms with Crippen LogP contribution in [-0.2, 0) is 0 Å². The molecule has 0 amide bonds. The summed E-state index contributed by atoms with van der Waals surface area (Å²) in [7, 11) is 0. The number of hydrogen-bond acceptors (Lipinski definition) is 7. The van der Waals surface area contributed by atoms with Crippen LogP contribution in [0.4, 0.5) is 10.2 Å². The summed E-state index contributed by atoms with van der Waals surface area (Å²) in [6.45, 7) is 1.28. The minimum absolute atomic E-state index is 0.0943. The lowest BCUT2D eigenvalue weighted by molar-refractivity contribution is 0.466. The number of halogens is 2. The zero-order valence-electron chi connectivity index (χ0n) is 16.2. The molecule has 0 radical (unpaired) electrons. The number of benzene rings is 2. The smallest absolute Gasteiger partial charge is 0.172 e. The van der Waals surface area contributed by atoms with E-state index < -0.39 is 5.82 Å². The van der Waals surface area contributed by atoms with Crippen LogP contribution < -0.4 is 10.0 Å². The van der Waals surface area contributed by atoms with Gasteiger partial charge in [0.15, 0.2) is 5.65 Å². The number of aromatic hydroxyl groups is 2. The van der Waals surface area contributed by atoms with Gasteiger partial charge in [-0.3, -0.25) is 4.72 Å². The molecule has 4 N–H and O–H groups in total. The van der Waals surface area contributed by atoms with E-state index in [1.54, 1.807) is 22.8 Å². The minimum Gasteiger partial charge on any atom is -0.508 e. The molecule has 4 aromatic rings. The highest BCUT2D eigenvalue weighted by molar-refractivity contribution is 9.10. The molecule has 2 aromatic carbocycles. The lowest BCUT2D eigenvalue weighted by Crippen LogP contribution is -2.13. The Labute approximate surface area is 190 Å². The van der Waals surface area contributed by atoms with E-state index in [2.05, 4.69) is 36.1 Å². The summed E-state index contributed by atoms with van der Waals surface area (Å²) in [5, 5.41) is 27.2. The summed E-state index contributed by atoms with van der Waals surface area (Å²) < 4.78 is 19.3. The summed E-state index contributed by atoms with van der Waals surface area (Å²) in [4.78, 5) is 5.04. The molecule has 7 nitrogen and oxygen atoms in total. The molecular weight excluding hydrogens is 485 g/mol. The van der Waals surface area contributed by atoms with Gasteiger partial charge in [-0.1, -0.05) is 12.1 Å². The molecule has 0 aliphatic rings. The Morgan fingerprint density at radius 2 is 1.94 bits per heavy atom. The number of para-hydroxylation sites is 1. The molecule has 0 saturated heterocycles. The fourth-order valence-corrected chi connectivity index (χ4v) is 4.01. The first-order valence-electron chi connectivity index (χ1n) is 9.47. The van der Waals surface area contributed by atoms with Crippen molar-refractivity contribution in [2.45, 2.75) is 11.3 Å². The Morgan fingerprint density at radius 3 is 2.74 bits per heavy atom. The van der Waals surface area contributed by atoms with Crippen LogP contribution in [0.1, 0.15) is 6.42 Å². The van der Waals surface area contributed by atoms with Crippen LogP contribution in [0, 0.1) is 5.82 Å². The molecule has 0 bridgehead atoms. The third kappa shape index (κ3) is 4.92. The van der Waals surface area contributed by atoms with E-state index in [9.17, 15) is 14.6 Å². The zero-order chi connectivity index (χ0) is 21.8. The average Bonchev–Trinajstić information content (AvgIpc) is 3.13. The molecule has 0 atom stereocenters. The molecular formula is C21H19BrFN5O2S. The lowest BCUT2D eigenvalue weighted by Gasteiger charge is -2.12. The number of anilines is 1. The van der Waals surface area contributed by atoms with Crippen LogP contribution in [0.15, 0.2) is 64.1 Å². The van der Waals surface area contributed by atoms with Crippen LogP contribution in [0.2, 0.25) is 0 Å². The molecule has 0 aliphatic heterocycles. The third-order valence-electron chi connectivity index (χ3n) is 4.47. The number of aromatic nitrogens is 3. The van der Waals surface area contributed by atoms with Crippen LogP contribution >= 0.6 is 27.9 Å². The minimum atomic E-state index is -0.462. The fourth-order valence-electron chi connectivity index (χ4n) is 2.97. The Bertz CT molecular complexity index is 1220. The highest BCUT2D eigenvalue weighted by Gasteiger charge is 2.13. The topological polar surface area (TPSA) is 94.7 Å². The highest BCUT2D eigenvalue weighted by Crippen LogP contribution is 2.31. The van der Waals surface area contributed by atoms with Crippen molar-refractivity contribution in [3.05, 3.63) is 65.0 Å². The summed E-state index contributed by atoms with van der Waals surface area (Å²) in [6, 6.07) is 13.0. The van der Waals surface area contributed by atoms with Crippen molar-refractivity contribution in [2.24, 2.45) is 0 Å². The molecule has 0 saturated carbocycles. The van der Waals surface area contributed by atoms with Gasteiger partial charge in [0.05, 0.1) is 21.3 Å². The first-order chi connectivity index (χ1) is 15.0. The van der Waals surface area contributed by atoms with Gasteiger partial charge in [0.1, 0.15) is 23.1 Å². The summed E-state index contributed by atoms with van der Waals surface area (Å²) in [5.74, 6) is 0.341. The second kappa shape index (κ2) is 9.54. The molecule has 10 heteroatoms. The Kier molecular flexibility index (Phi) is 6.59. The van der Waals surface area contributed by atoms with E-state index in [0.717, 1.165) is 22.8 Å². The van der Waals surface area contributed by atoms with E-state index in [4.69, 9.17) is 0 Å². The predicted molar refractivity (Wildman–Crippen MR) is 123 cm³/mol. The van der Waals surface area contributed by atoms with Crippen molar-refractivity contribution in [1.29, 1.82) is 0 Å². The van der Waals surface area contributed by atoms with Crippen molar-refractivity contribution in [3.63, 3.8) is 0 Å². The van der Waals surface area contributed by atoms with Gasteiger partial charge in [0, 0.05) is 30.8 Å². The number of phenols is 2. The van der Waals surface area contributed by atoms with Gasteiger partial charge < -0.3 is 15.5 Å². The van der Waals surface area contributed by atoms with Crippen molar-refractivity contribution in [1.82, 2.24) is 19.3 Å². The van der Waals surface area contributed by atoms with Crippen molar-refractivity contribution in [2.75, 3.05) is 18.4 Å². The third-order valence-corrected chi connectivity index (χ3v) is 5.93. The first kappa shape index (κ1) is 21.4. The van der Waals surface area contributed by atoms with E-state index in [-0.39, 0.29) is 11.5 Å². The van der Waals surface area contributed by atoms with Crippen molar-refractivity contribution >= 4 is 39.3 Å². The number of fused-ring (bicyclic) bond motifs is 1. The molecule has 0 aliphatic carbocycles. The second-order valence-corrected chi connectivity index (χ2v) is 8.45. The van der Waals surface area contributed by atoms with Gasteiger partial charge in [-0.2, -0.15) is 9.61 Å². The molecule has 0 spiro atoms. The van der Waals surface area contributed by atoms with Gasteiger partial charge >= 0.3 is 0 Å². The first-order valence-corrected chi connectivity index (χ1v) is 11.1. The molecule has 0 fully saturated rings. The summed E-state index contributed by atoms with van der Waals surface area (Å²) in [6.07, 6.45) is 2.44. The normalized spacial score (nSPS) is 11.2. The lowest BCUT2D eigenvalue weighted by atomic mass is 10.1. The molecule has 0 unspecified atom stereocenters. The van der Waals surface area contributed by atoms with Gasteiger partial charge in [0.2, 0.25) is 0 Å². The molecule has 2 heterocycles. The van der Waals surface area contributed by atoms with Crippen molar-refractivity contribution < 1.29 is 14.6 Å². The van der Waals surface area contributed by atoms with Crippen LogP contribution in [0.3, 0.4) is 0 Å². The predicted octanol–water partition coefficient (Wildman–Crippen LogP) is 4.81. The number of rotatable bonds is 8. The average molecular weight is 504 g/mol. The second-order valence-electron chi connectivity index (χ2n) is 6.66. The Balaban J connectivity index is 1.40. The molecule has 4 rings (SSSR count). The fraction of sp³-hybridized carbons (Fsp3) is 0.143. The number of nitrogens with zero attached hydrogens (tertiary/aromatic N) is 3. The molecule has 2 aromatic heterocycles. The summed E-state index contributed by atoms with van der Waals surface area (Å²) in [5.41, 5.74) is 1.90. The molecule has 160 valence electrons. The quantitative estimate of drug-likeness (QED) is 0.202. The Hall–Kier alpha value is -2.82. The van der Waals surface area contributed by atoms with E-state index >= 15 is 0 Å². The maximum Gasteiger partial charge on any atom is 0.172 e. The maximum absolute atomic E-state index is 13.7. The highest BCUT2D eigenvalue weighted by atomic mass is 79.9. The van der Waals surface area contributed by atoms with Gasteiger partial charge in [0.25, 0.3) is 0 Å². The van der Waals surface area contributed by atoms with Crippen LogP contribution in [0.5, 0.6) is 11.5 Å². The largest absolute Gasteiger partial charge is 0.508 e. The number of hydrogen-bond donors (Lipinski definition) is 4. The number of phenolic OH excluding ortho intramolecular Hbond substituents is 2. The Morgan fingerprint density at radius 1 is 1.10 bits per heavy atom. The van der Waals surface area contributed by atoms with E-state index in [0.29, 0.717) is 34.9 Å². The SMILES string of the molecule is Oc1ccc(SNCCCNc2cc(-c3ccccc3O)nc3c(Br)cnn23)c(F)c1. The zero-order valence-corrected chi connectivity index (χ0v) is 18.6. The van der Waals surface area contributed by atoms with Gasteiger partial charge in [-0.25, -0.2) is 9.37 Å². The summed E-state index contributed by atoms with van der Waals surface area (Å²) >= 11 is 4.65. The van der Waals surface area contributed by atoms with E-state index in [1.165, 1.54) is 24.1 Å². The standard InChI is InChI=1S/C21H19BrFN5O2S/c22-15-12-25-28-20(11-17(27-21(15)28)14-4-1-2-5-18(14)30)24-8-3-9-26-31-19-7-6-13(29)10-16(19)23/h1-2,4-7,10-12,24,26,29-30H,3,8-9H2. The van der Waals surface area contributed by atoms with Crippen molar-refractivity contribution in [3.8, 4) is 22.8 Å². The van der Waals surface area contributed by atoms with Crippen LogP contribution in [-0.4, -0.2) is 37.9 Å². The van der Waals surface area contributed by atoms with Gasteiger partial charge in [-0.05, 0) is 58.6 Å². The van der Waals surface area contributed by atoms with E-state index in [1.807, 2.05) is 18.2 Å². The molecule has 31 heavy (non-hydrogen) atoms. The van der Waals surface area contributed by atoms with Gasteiger partial charge in [-0.15, -0.1) is 0 Å².